The van der Waals surface area contributed by atoms with E-state index in [4.69, 9.17) is 14.7 Å². The Bertz CT molecular complexity index is 478. The number of rotatable bonds is 8. The maximum atomic E-state index is 9.93. The largest absolute Gasteiger partial charge is 0.389 e. The Labute approximate surface area is 131 Å². The third kappa shape index (κ3) is 5.39. The van der Waals surface area contributed by atoms with E-state index >= 15 is 0 Å². The van der Waals surface area contributed by atoms with Gasteiger partial charge in [0, 0.05) is 19.2 Å². The van der Waals surface area contributed by atoms with E-state index < -0.39 is 6.10 Å². The van der Waals surface area contributed by atoms with Gasteiger partial charge < -0.3 is 19.9 Å². The first-order chi connectivity index (χ1) is 10.7. The zero-order valence-corrected chi connectivity index (χ0v) is 13.0. The predicted octanol–water partition coefficient (Wildman–Crippen LogP) is 1.77. The summed E-state index contributed by atoms with van der Waals surface area (Å²) in [6.45, 7) is 4.18. The maximum absolute atomic E-state index is 9.93. The summed E-state index contributed by atoms with van der Waals surface area (Å²) in [5.74, 6) is 0. The standard InChI is InChI=1S/C17H24N2O3/c1-13(15-6-4-14(9-18)5-7-15)19-10-16(20)11-21-12-17-3-2-8-22-17/h4-7,13,16-17,19-20H,2-3,8,10-12H2,1H3. The molecule has 5 nitrogen and oxygen atoms in total. The first-order valence-corrected chi connectivity index (χ1v) is 7.80. The number of hydrogen-bond donors (Lipinski definition) is 2. The van der Waals surface area contributed by atoms with E-state index in [1.165, 1.54) is 0 Å². The van der Waals surface area contributed by atoms with E-state index in [0.717, 1.165) is 25.0 Å². The second-order valence-corrected chi connectivity index (χ2v) is 5.69. The molecule has 1 heterocycles. The first kappa shape index (κ1) is 16.9. The second kappa shape index (κ2) is 8.86. The van der Waals surface area contributed by atoms with Crippen molar-refractivity contribution in [2.45, 2.75) is 38.0 Å². The second-order valence-electron chi connectivity index (χ2n) is 5.69. The molecule has 3 unspecified atom stereocenters. The number of nitrogens with one attached hydrogen (secondary N) is 1. The molecule has 3 atom stereocenters. The van der Waals surface area contributed by atoms with Crippen molar-refractivity contribution in [3.05, 3.63) is 35.4 Å². The molecule has 120 valence electrons. The lowest BCUT2D eigenvalue weighted by molar-refractivity contribution is -0.0168. The molecule has 0 saturated carbocycles. The summed E-state index contributed by atoms with van der Waals surface area (Å²) in [6.07, 6.45) is 1.80. The maximum Gasteiger partial charge on any atom is 0.0991 e. The third-order valence-electron chi connectivity index (χ3n) is 3.84. The van der Waals surface area contributed by atoms with Crippen LogP contribution in [0.5, 0.6) is 0 Å². The van der Waals surface area contributed by atoms with Crippen molar-refractivity contribution in [3.8, 4) is 6.07 Å². The molecule has 5 heteroatoms. The van der Waals surface area contributed by atoms with Crippen molar-refractivity contribution >= 4 is 0 Å². The Kier molecular flexibility index (Phi) is 6.81. The van der Waals surface area contributed by atoms with Gasteiger partial charge in [-0.1, -0.05) is 12.1 Å². The molecular formula is C17H24N2O3. The molecular weight excluding hydrogens is 280 g/mol. The van der Waals surface area contributed by atoms with Crippen molar-refractivity contribution < 1.29 is 14.6 Å². The number of hydrogen-bond acceptors (Lipinski definition) is 5. The Morgan fingerprint density at radius 3 is 2.86 bits per heavy atom. The minimum absolute atomic E-state index is 0.112. The van der Waals surface area contributed by atoms with E-state index in [1.54, 1.807) is 12.1 Å². The van der Waals surface area contributed by atoms with Crippen molar-refractivity contribution in [1.82, 2.24) is 5.32 Å². The van der Waals surface area contributed by atoms with Crippen molar-refractivity contribution in [1.29, 1.82) is 5.26 Å². The van der Waals surface area contributed by atoms with E-state index in [2.05, 4.69) is 11.4 Å². The minimum atomic E-state index is -0.540. The summed E-state index contributed by atoms with van der Waals surface area (Å²) < 4.78 is 11.0. The zero-order valence-electron chi connectivity index (χ0n) is 13.0. The van der Waals surface area contributed by atoms with Crippen LogP contribution in [0.4, 0.5) is 0 Å². The van der Waals surface area contributed by atoms with Gasteiger partial charge in [0.05, 0.1) is 37.1 Å². The zero-order chi connectivity index (χ0) is 15.8. The third-order valence-corrected chi connectivity index (χ3v) is 3.84. The lowest BCUT2D eigenvalue weighted by Crippen LogP contribution is -2.33. The number of benzene rings is 1. The summed E-state index contributed by atoms with van der Waals surface area (Å²) >= 11 is 0. The fraction of sp³-hybridized carbons (Fsp3) is 0.588. The highest BCUT2D eigenvalue weighted by Crippen LogP contribution is 2.13. The van der Waals surface area contributed by atoms with Crippen LogP contribution in [0.2, 0.25) is 0 Å². The topological polar surface area (TPSA) is 74.5 Å². The number of aliphatic hydroxyl groups is 1. The van der Waals surface area contributed by atoms with Gasteiger partial charge in [-0.05, 0) is 37.5 Å². The molecule has 1 aromatic carbocycles. The van der Waals surface area contributed by atoms with E-state index in [9.17, 15) is 5.11 Å². The van der Waals surface area contributed by atoms with Gasteiger partial charge in [0.2, 0.25) is 0 Å². The molecule has 0 aliphatic carbocycles. The Hall–Kier alpha value is -1.45. The molecule has 2 rings (SSSR count). The number of nitrogens with zero attached hydrogens (tertiary/aromatic N) is 1. The minimum Gasteiger partial charge on any atom is -0.389 e. The van der Waals surface area contributed by atoms with Crippen LogP contribution in [0.1, 0.15) is 36.9 Å². The van der Waals surface area contributed by atoms with E-state index in [-0.39, 0.29) is 12.1 Å². The SMILES string of the molecule is CC(NCC(O)COCC1CCCO1)c1ccc(C#N)cc1. The highest BCUT2D eigenvalue weighted by Gasteiger charge is 2.16. The van der Waals surface area contributed by atoms with Gasteiger partial charge in [0.15, 0.2) is 0 Å². The molecule has 0 aromatic heterocycles. The Morgan fingerprint density at radius 1 is 1.45 bits per heavy atom. The van der Waals surface area contributed by atoms with Crippen LogP contribution in [-0.2, 0) is 9.47 Å². The summed E-state index contributed by atoms with van der Waals surface area (Å²) in [5.41, 5.74) is 1.74. The van der Waals surface area contributed by atoms with Gasteiger partial charge in [0.1, 0.15) is 0 Å². The molecule has 1 fully saturated rings. The summed E-state index contributed by atoms with van der Waals surface area (Å²) in [4.78, 5) is 0. The predicted molar refractivity (Wildman–Crippen MR) is 83.4 cm³/mol. The van der Waals surface area contributed by atoms with Crippen molar-refractivity contribution in [3.63, 3.8) is 0 Å². The average Bonchev–Trinajstić information content (AvgIpc) is 3.06. The van der Waals surface area contributed by atoms with E-state index in [1.807, 2.05) is 19.1 Å². The molecule has 0 amide bonds. The monoisotopic (exact) mass is 304 g/mol. The van der Waals surface area contributed by atoms with Gasteiger partial charge in [-0.25, -0.2) is 0 Å². The highest BCUT2D eigenvalue weighted by atomic mass is 16.5. The van der Waals surface area contributed by atoms with Gasteiger partial charge in [0.25, 0.3) is 0 Å². The molecule has 2 N–H and O–H groups in total. The van der Waals surface area contributed by atoms with Crippen molar-refractivity contribution in [2.75, 3.05) is 26.4 Å². The fourth-order valence-electron chi connectivity index (χ4n) is 2.45. The van der Waals surface area contributed by atoms with Crippen LogP contribution >= 0.6 is 0 Å². The van der Waals surface area contributed by atoms with Crippen LogP contribution in [0, 0.1) is 11.3 Å². The Morgan fingerprint density at radius 2 is 2.23 bits per heavy atom. The van der Waals surface area contributed by atoms with Crippen LogP contribution < -0.4 is 5.32 Å². The van der Waals surface area contributed by atoms with Gasteiger partial charge in [-0.2, -0.15) is 5.26 Å². The van der Waals surface area contributed by atoms with E-state index in [0.29, 0.717) is 25.3 Å². The van der Waals surface area contributed by atoms with Crippen LogP contribution in [0.15, 0.2) is 24.3 Å². The molecule has 1 aromatic rings. The molecule has 1 aliphatic heterocycles. The summed E-state index contributed by atoms with van der Waals surface area (Å²) in [6, 6.07) is 9.67. The quantitative estimate of drug-likeness (QED) is 0.765. The average molecular weight is 304 g/mol. The lowest BCUT2D eigenvalue weighted by atomic mass is 10.1. The van der Waals surface area contributed by atoms with Crippen LogP contribution in [-0.4, -0.2) is 43.7 Å². The van der Waals surface area contributed by atoms with Crippen molar-refractivity contribution in [2.24, 2.45) is 0 Å². The van der Waals surface area contributed by atoms with Gasteiger partial charge >= 0.3 is 0 Å². The molecule has 0 bridgehead atoms. The molecule has 0 spiro atoms. The summed E-state index contributed by atoms with van der Waals surface area (Å²) in [7, 11) is 0. The van der Waals surface area contributed by atoms with Crippen LogP contribution in [0.25, 0.3) is 0 Å². The fourth-order valence-corrected chi connectivity index (χ4v) is 2.45. The smallest absolute Gasteiger partial charge is 0.0991 e. The first-order valence-electron chi connectivity index (χ1n) is 7.80. The number of nitriles is 1. The number of aliphatic hydroxyl groups excluding tert-OH is 1. The molecule has 1 aliphatic rings. The molecule has 22 heavy (non-hydrogen) atoms. The lowest BCUT2D eigenvalue weighted by Gasteiger charge is -2.18. The molecule has 1 saturated heterocycles. The van der Waals surface area contributed by atoms with Gasteiger partial charge in [-0.3, -0.25) is 0 Å². The summed E-state index contributed by atoms with van der Waals surface area (Å²) in [5, 5.41) is 22.0. The van der Waals surface area contributed by atoms with Crippen LogP contribution in [0.3, 0.4) is 0 Å². The van der Waals surface area contributed by atoms with Gasteiger partial charge in [-0.15, -0.1) is 0 Å². The molecule has 0 radical (unpaired) electrons. The Balaban J connectivity index is 1.64. The number of ether oxygens (including phenoxy) is 2. The normalized spacial score (nSPS) is 20.5. The highest BCUT2D eigenvalue weighted by molar-refractivity contribution is 5.32.